The number of nitro benzene ring substituents is 1. The molecule has 0 spiro atoms. The van der Waals surface area contributed by atoms with Gasteiger partial charge in [0.05, 0.1) is 28.7 Å². The quantitative estimate of drug-likeness (QED) is 0.120. The predicted octanol–water partition coefficient (Wildman–Crippen LogP) is 4.71. The number of methoxy groups -OCH3 is 1. The molecule has 1 saturated heterocycles. The van der Waals surface area contributed by atoms with Crippen molar-refractivity contribution in [3.8, 4) is 11.5 Å². The highest BCUT2D eigenvalue weighted by molar-refractivity contribution is 8.26. The third kappa shape index (κ3) is 6.55. The number of benzene rings is 2. The smallest absolute Gasteiger partial charge is 0.273 e. The summed E-state index contributed by atoms with van der Waals surface area (Å²) in [5, 5.41) is 23.1. The van der Waals surface area contributed by atoms with Gasteiger partial charge < -0.3 is 15.2 Å². The van der Waals surface area contributed by atoms with Crippen molar-refractivity contribution < 1.29 is 24.4 Å². The number of thioether (sulfide) groups is 1. The molecule has 3 rings (SSSR count). The summed E-state index contributed by atoms with van der Waals surface area (Å²) < 4.78 is 5.65. The minimum Gasteiger partial charge on any atom is -0.506 e. The van der Waals surface area contributed by atoms with Crippen molar-refractivity contribution in [2.75, 3.05) is 19.0 Å². The van der Waals surface area contributed by atoms with Crippen molar-refractivity contribution in [1.82, 2.24) is 4.90 Å². The van der Waals surface area contributed by atoms with E-state index in [0.29, 0.717) is 35.0 Å². The zero-order valence-electron chi connectivity index (χ0n) is 18.4. The number of phenolic OH excluding ortho intramolecular Hbond substituents is 1. The number of anilines is 1. The summed E-state index contributed by atoms with van der Waals surface area (Å²) in [6.07, 6.45) is 3.98. The van der Waals surface area contributed by atoms with Crippen molar-refractivity contribution in [3.05, 3.63) is 63.0 Å². The number of nitro groups is 1. The minimum absolute atomic E-state index is 0.122. The van der Waals surface area contributed by atoms with Gasteiger partial charge in [0.1, 0.15) is 15.8 Å². The molecule has 2 aromatic carbocycles. The number of ether oxygens (including phenoxy) is 1. The van der Waals surface area contributed by atoms with Crippen LogP contribution in [0.1, 0.15) is 31.2 Å². The summed E-state index contributed by atoms with van der Waals surface area (Å²) in [4.78, 5) is 37.0. The summed E-state index contributed by atoms with van der Waals surface area (Å²) in [7, 11) is 1.59. The van der Waals surface area contributed by atoms with Gasteiger partial charge in [-0.05, 0) is 42.7 Å². The predicted molar refractivity (Wildman–Crippen MR) is 135 cm³/mol. The Morgan fingerprint density at radius 3 is 2.62 bits per heavy atom. The molecular weight excluding hydrogens is 478 g/mol. The highest BCUT2D eigenvalue weighted by Gasteiger charge is 2.31. The van der Waals surface area contributed by atoms with Crippen molar-refractivity contribution in [2.24, 2.45) is 0 Å². The zero-order chi connectivity index (χ0) is 24.7. The van der Waals surface area contributed by atoms with Crippen LogP contribution in [-0.2, 0) is 9.59 Å². The van der Waals surface area contributed by atoms with Gasteiger partial charge in [-0.3, -0.25) is 24.6 Å². The van der Waals surface area contributed by atoms with E-state index in [1.165, 1.54) is 23.9 Å². The number of carbonyl (C=O) groups is 2. The standard InChI is InChI=1S/C23H23N3O6S2/c1-32-17-9-6-15(7-10-17)13-20-22(29)25(23(33)34-20)12-4-2-3-5-21(28)24-18-11-8-16(26(30)31)14-19(18)27/h6-11,13-14,27H,2-5,12H2,1H3,(H,24,28)/b20-13-. The first kappa shape index (κ1) is 25.2. The first-order chi connectivity index (χ1) is 16.3. The fraction of sp³-hybridized carbons (Fsp3) is 0.261. The van der Waals surface area contributed by atoms with Crippen LogP contribution in [0.25, 0.3) is 6.08 Å². The number of nitrogens with zero attached hydrogens (tertiary/aromatic N) is 2. The van der Waals surface area contributed by atoms with Crippen LogP contribution in [0.2, 0.25) is 0 Å². The Kier molecular flexibility index (Phi) is 8.61. The first-order valence-electron chi connectivity index (χ1n) is 10.4. The van der Waals surface area contributed by atoms with Crippen molar-refractivity contribution in [3.63, 3.8) is 0 Å². The number of unbranched alkanes of at least 4 members (excludes halogenated alkanes) is 2. The second-order valence-corrected chi connectivity index (χ2v) is 9.10. The molecule has 1 fully saturated rings. The van der Waals surface area contributed by atoms with E-state index in [-0.39, 0.29) is 35.4 Å². The van der Waals surface area contributed by atoms with Crippen LogP contribution in [0.4, 0.5) is 11.4 Å². The summed E-state index contributed by atoms with van der Waals surface area (Å²) in [6, 6.07) is 10.9. The number of aromatic hydroxyl groups is 1. The number of phenols is 1. The van der Waals surface area contributed by atoms with Gasteiger partial charge in [-0.2, -0.15) is 0 Å². The third-order valence-electron chi connectivity index (χ3n) is 5.04. The van der Waals surface area contributed by atoms with Crippen LogP contribution in [0.3, 0.4) is 0 Å². The average Bonchev–Trinajstić information content (AvgIpc) is 3.07. The topological polar surface area (TPSA) is 122 Å². The first-order valence-corrected chi connectivity index (χ1v) is 11.7. The van der Waals surface area contributed by atoms with Crippen LogP contribution < -0.4 is 10.1 Å². The van der Waals surface area contributed by atoms with E-state index >= 15 is 0 Å². The lowest BCUT2D eigenvalue weighted by atomic mass is 10.1. The van der Waals surface area contributed by atoms with E-state index < -0.39 is 4.92 Å². The lowest BCUT2D eigenvalue weighted by Gasteiger charge is -2.14. The average molecular weight is 502 g/mol. The highest BCUT2D eigenvalue weighted by atomic mass is 32.2. The highest BCUT2D eigenvalue weighted by Crippen LogP contribution is 2.33. The van der Waals surface area contributed by atoms with E-state index in [4.69, 9.17) is 17.0 Å². The Morgan fingerprint density at radius 2 is 1.97 bits per heavy atom. The van der Waals surface area contributed by atoms with Crippen LogP contribution in [0.15, 0.2) is 47.4 Å². The Hall–Kier alpha value is -3.44. The molecule has 0 atom stereocenters. The van der Waals surface area contributed by atoms with Crippen LogP contribution >= 0.6 is 24.0 Å². The van der Waals surface area contributed by atoms with Crippen LogP contribution in [0, 0.1) is 10.1 Å². The largest absolute Gasteiger partial charge is 0.506 e. The molecule has 11 heteroatoms. The number of hydrogen-bond acceptors (Lipinski definition) is 8. The monoisotopic (exact) mass is 501 g/mol. The Labute approximate surface area is 205 Å². The van der Waals surface area contributed by atoms with Gasteiger partial charge >= 0.3 is 0 Å². The maximum Gasteiger partial charge on any atom is 0.273 e. The second-order valence-electron chi connectivity index (χ2n) is 7.42. The fourth-order valence-corrected chi connectivity index (χ4v) is 4.54. The lowest BCUT2D eigenvalue weighted by Crippen LogP contribution is -2.29. The number of carbonyl (C=O) groups excluding carboxylic acids is 2. The lowest BCUT2D eigenvalue weighted by molar-refractivity contribution is -0.384. The summed E-state index contributed by atoms with van der Waals surface area (Å²) in [6.45, 7) is 0.468. The molecule has 2 aromatic rings. The van der Waals surface area contributed by atoms with E-state index in [9.17, 15) is 24.8 Å². The third-order valence-corrected chi connectivity index (χ3v) is 6.42. The Balaban J connectivity index is 1.42. The van der Waals surface area contributed by atoms with Crippen molar-refractivity contribution in [2.45, 2.75) is 25.7 Å². The molecule has 1 heterocycles. The number of nitrogens with one attached hydrogen (secondary N) is 1. The van der Waals surface area contributed by atoms with Crippen molar-refractivity contribution >= 4 is 57.6 Å². The number of amides is 2. The van der Waals surface area contributed by atoms with Gasteiger partial charge in [0.15, 0.2) is 0 Å². The zero-order valence-corrected chi connectivity index (χ0v) is 20.0. The van der Waals surface area contributed by atoms with Gasteiger partial charge in [-0.15, -0.1) is 0 Å². The van der Waals surface area contributed by atoms with Crippen molar-refractivity contribution in [1.29, 1.82) is 0 Å². The molecule has 1 aliphatic heterocycles. The number of thiocarbonyl (C=S) groups is 1. The van der Waals surface area contributed by atoms with E-state index in [2.05, 4.69) is 5.32 Å². The maximum absolute atomic E-state index is 12.7. The summed E-state index contributed by atoms with van der Waals surface area (Å²) >= 11 is 6.63. The molecule has 2 amide bonds. The molecule has 0 aliphatic carbocycles. The van der Waals surface area contributed by atoms with Crippen LogP contribution in [0.5, 0.6) is 11.5 Å². The van der Waals surface area contributed by atoms with Gasteiger partial charge in [-0.1, -0.05) is 42.5 Å². The number of non-ortho nitro benzene ring substituents is 1. The van der Waals surface area contributed by atoms with Gasteiger partial charge in [0.25, 0.3) is 11.6 Å². The SMILES string of the molecule is COc1ccc(/C=C2\SC(=S)N(CCCCCC(=O)Nc3ccc([N+](=O)[O-])cc3O)C2=O)cc1. The molecule has 9 nitrogen and oxygen atoms in total. The normalized spacial score (nSPS) is 14.5. The molecular formula is C23H23N3O6S2. The fourth-order valence-electron chi connectivity index (χ4n) is 3.23. The molecule has 2 N–H and O–H groups in total. The Bertz CT molecular complexity index is 1130. The van der Waals surface area contributed by atoms with E-state index in [0.717, 1.165) is 17.4 Å². The van der Waals surface area contributed by atoms with E-state index in [1.54, 1.807) is 18.1 Å². The minimum atomic E-state index is -0.627. The molecule has 0 aromatic heterocycles. The molecule has 0 unspecified atom stereocenters. The van der Waals surface area contributed by atoms with Gasteiger partial charge in [0.2, 0.25) is 5.91 Å². The summed E-state index contributed by atoms with van der Waals surface area (Å²) in [5.41, 5.74) is 0.744. The maximum atomic E-state index is 12.7. The van der Waals surface area contributed by atoms with Gasteiger partial charge in [0, 0.05) is 19.0 Å². The molecule has 0 saturated carbocycles. The number of hydrogen-bond donors (Lipinski definition) is 2. The Morgan fingerprint density at radius 1 is 1.24 bits per heavy atom. The molecule has 0 bridgehead atoms. The van der Waals surface area contributed by atoms with Crippen LogP contribution in [-0.4, -0.2) is 44.7 Å². The van der Waals surface area contributed by atoms with E-state index in [1.807, 2.05) is 24.3 Å². The molecule has 1 aliphatic rings. The molecule has 34 heavy (non-hydrogen) atoms. The van der Waals surface area contributed by atoms with Gasteiger partial charge in [-0.25, -0.2) is 0 Å². The molecule has 0 radical (unpaired) electrons. The summed E-state index contributed by atoms with van der Waals surface area (Å²) in [5.74, 6) is -0.0584. The molecule has 178 valence electrons. The number of rotatable bonds is 10. The second kappa shape index (κ2) is 11.6.